The Morgan fingerprint density at radius 2 is 1.94 bits per heavy atom. The summed E-state index contributed by atoms with van der Waals surface area (Å²) in [6.45, 7) is 3.11. The highest BCUT2D eigenvalue weighted by Crippen LogP contribution is 2.30. The van der Waals surface area contributed by atoms with Crippen LogP contribution in [0.25, 0.3) is 0 Å². The van der Waals surface area contributed by atoms with Gasteiger partial charge in [0.05, 0.1) is 11.9 Å². The van der Waals surface area contributed by atoms with Gasteiger partial charge in [-0.1, -0.05) is 17.7 Å². The van der Waals surface area contributed by atoms with Gasteiger partial charge in [-0.3, -0.25) is 9.10 Å². The van der Waals surface area contributed by atoms with Crippen molar-refractivity contribution in [1.29, 1.82) is 0 Å². The quantitative estimate of drug-likeness (QED) is 0.803. The molecule has 0 aliphatic heterocycles. The van der Waals surface area contributed by atoms with Crippen LogP contribution in [0, 0.1) is 6.92 Å². The van der Waals surface area contributed by atoms with E-state index in [2.05, 4.69) is 0 Å². The molecule has 1 unspecified atom stereocenters. The first kappa shape index (κ1) is 15.3. The molecule has 1 aromatic carbocycles. The summed E-state index contributed by atoms with van der Waals surface area (Å²) in [5, 5.41) is -0.324. The van der Waals surface area contributed by atoms with E-state index in [0.29, 0.717) is 16.3 Å². The number of benzene rings is 1. The highest BCUT2D eigenvalue weighted by Gasteiger charge is 2.29. The van der Waals surface area contributed by atoms with E-state index in [4.69, 9.17) is 23.2 Å². The zero-order chi connectivity index (χ0) is 14.1. The van der Waals surface area contributed by atoms with Crippen molar-refractivity contribution >= 4 is 44.2 Å². The monoisotopic (exact) mass is 309 g/mol. The van der Waals surface area contributed by atoms with Crippen LogP contribution in [-0.2, 0) is 14.8 Å². The lowest BCUT2D eigenvalue weighted by Gasteiger charge is -2.28. The third kappa shape index (κ3) is 3.16. The van der Waals surface area contributed by atoms with Crippen molar-refractivity contribution in [2.45, 2.75) is 19.9 Å². The summed E-state index contributed by atoms with van der Waals surface area (Å²) in [5.74, 6) is 0. The smallest absolute Gasteiger partial charge is 0.245 e. The van der Waals surface area contributed by atoms with Crippen molar-refractivity contribution in [2.24, 2.45) is 0 Å². The van der Waals surface area contributed by atoms with Gasteiger partial charge in [-0.05, 0) is 43.1 Å². The van der Waals surface area contributed by atoms with E-state index in [-0.39, 0.29) is 0 Å². The van der Waals surface area contributed by atoms with E-state index < -0.39 is 21.3 Å². The number of halogens is 2. The maximum Gasteiger partial charge on any atom is 0.245 e. The van der Waals surface area contributed by atoms with Gasteiger partial charge in [0.1, 0.15) is 6.04 Å². The topological polar surface area (TPSA) is 54.5 Å². The van der Waals surface area contributed by atoms with E-state index in [1.807, 2.05) is 0 Å². The van der Waals surface area contributed by atoms with E-state index in [1.165, 1.54) is 6.92 Å². The predicted molar refractivity (Wildman–Crippen MR) is 73.8 cm³/mol. The molecule has 1 rings (SSSR count). The number of carbonyl (C=O) groups is 1. The average molecular weight is 310 g/mol. The third-order valence-electron chi connectivity index (χ3n) is 2.51. The van der Waals surface area contributed by atoms with Crippen LogP contribution in [0.15, 0.2) is 18.2 Å². The van der Waals surface area contributed by atoms with E-state index >= 15 is 0 Å². The largest absolute Gasteiger partial charge is 0.279 e. The van der Waals surface area contributed by atoms with Crippen LogP contribution in [0.1, 0.15) is 12.5 Å². The summed E-state index contributed by atoms with van der Waals surface area (Å²) in [6.07, 6.45) is 1.02. The number of rotatable bonds is 4. The molecule has 0 aliphatic carbocycles. The van der Waals surface area contributed by atoms with Gasteiger partial charge in [-0.15, -0.1) is 0 Å². The van der Waals surface area contributed by atoms with E-state index in [0.717, 1.165) is 10.6 Å². The summed E-state index contributed by atoms with van der Waals surface area (Å²) >= 11 is 11.3. The minimum Gasteiger partial charge on any atom is -0.279 e. The molecule has 0 spiro atoms. The van der Waals surface area contributed by atoms with Crippen LogP contribution < -0.4 is 4.31 Å². The van der Waals surface area contributed by atoms with Gasteiger partial charge in [-0.25, -0.2) is 8.42 Å². The summed E-state index contributed by atoms with van der Waals surface area (Å²) in [7, 11) is -3.63. The number of anilines is 1. The second kappa shape index (κ2) is 5.47. The van der Waals surface area contributed by atoms with Crippen LogP contribution in [0.3, 0.4) is 0 Å². The lowest BCUT2D eigenvalue weighted by molar-refractivity contribution is -0.112. The fourth-order valence-electron chi connectivity index (χ4n) is 1.60. The van der Waals surface area contributed by atoms with Gasteiger partial charge in [0.15, 0.2) is 0 Å². The number of sulfonamides is 1. The lowest BCUT2D eigenvalue weighted by Crippen LogP contribution is -2.41. The summed E-state index contributed by atoms with van der Waals surface area (Å²) in [4.78, 5) is 11.2. The SMILES string of the molecule is Cc1c(Cl)cccc1N(C(C)C(=O)Cl)S(C)(=O)=O. The average Bonchev–Trinajstić information content (AvgIpc) is 2.22. The van der Waals surface area contributed by atoms with Gasteiger partial charge in [-0.2, -0.15) is 0 Å². The Kier molecular flexibility index (Phi) is 4.64. The number of carbonyl (C=O) groups excluding carboxylic acids is 1. The van der Waals surface area contributed by atoms with Gasteiger partial charge < -0.3 is 0 Å². The second-order valence-corrected chi connectivity index (χ2v) is 6.56. The Hall–Kier alpha value is -0.780. The van der Waals surface area contributed by atoms with Gasteiger partial charge >= 0.3 is 0 Å². The first-order valence-corrected chi connectivity index (χ1v) is 7.70. The molecule has 4 nitrogen and oxygen atoms in total. The number of hydrogen-bond acceptors (Lipinski definition) is 3. The fraction of sp³-hybridized carbons (Fsp3) is 0.364. The molecule has 0 aromatic heterocycles. The molecule has 0 saturated heterocycles. The Balaban J connectivity index is 3.46. The third-order valence-corrected chi connectivity index (χ3v) is 4.47. The van der Waals surface area contributed by atoms with Gasteiger partial charge in [0, 0.05) is 5.02 Å². The van der Waals surface area contributed by atoms with E-state index in [1.54, 1.807) is 25.1 Å². The Morgan fingerprint density at radius 3 is 2.39 bits per heavy atom. The standard InChI is InChI=1S/C11H13Cl2NO3S/c1-7-9(12)5-4-6-10(7)14(18(3,16)17)8(2)11(13)15/h4-6,8H,1-3H3. The molecule has 0 aliphatic rings. The molecule has 0 saturated carbocycles. The molecule has 0 N–H and O–H groups in total. The highest BCUT2D eigenvalue weighted by molar-refractivity contribution is 7.92. The van der Waals surface area contributed by atoms with Crippen molar-refractivity contribution in [3.63, 3.8) is 0 Å². The van der Waals surface area contributed by atoms with Crippen LogP contribution in [0.5, 0.6) is 0 Å². The molecule has 0 heterocycles. The second-order valence-electron chi connectivity index (χ2n) is 3.92. The Labute approximate surface area is 117 Å². The molecule has 1 atom stereocenters. The molecular weight excluding hydrogens is 297 g/mol. The summed E-state index contributed by atoms with van der Waals surface area (Å²) in [6, 6.07) is 3.86. The molecule has 1 aromatic rings. The molecule has 18 heavy (non-hydrogen) atoms. The van der Waals surface area contributed by atoms with E-state index in [9.17, 15) is 13.2 Å². The molecule has 0 amide bonds. The van der Waals surface area contributed by atoms with Crippen LogP contribution in [0.4, 0.5) is 5.69 Å². The number of hydrogen-bond donors (Lipinski definition) is 0. The molecular formula is C11H13Cl2NO3S. The molecule has 0 radical (unpaired) electrons. The Morgan fingerprint density at radius 1 is 1.39 bits per heavy atom. The molecule has 0 fully saturated rings. The number of nitrogens with zero attached hydrogens (tertiary/aromatic N) is 1. The maximum absolute atomic E-state index is 11.8. The van der Waals surface area contributed by atoms with Crippen LogP contribution >= 0.6 is 23.2 Å². The van der Waals surface area contributed by atoms with Crippen molar-refractivity contribution in [3.05, 3.63) is 28.8 Å². The maximum atomic E-state index is 11.8. The predicted octanol–water partition coefficient (Wildman–Crippen LogP) is 2.57. The minimum absolute atomic E-state index is 0.353. The van der Waals surface area contributed by atoms with Gasteiger partial charge in [0.25, 0.3) is 0 Å². The Bertz CT molecular complexity index is 572. The summed E-state index contributed by atoms with van der Waals surface area (Å²) in [5.41, 5.74) is 0.931. The summed E-state index contributed by atoms with van der Waals surface area (Å²) < 4.78 is 24.6. The van der Waals surface area contributed by atoms with Crippen molar-refractivity contribution in [2.75, 3.05) is 10.6 Å². The lowest BCUT2D eigenvalue weighted by atomic mass is 10.2. The van der Waals surface area contributed by atoms with Crippen molar-refractivity contribution in [1.82, 2.24) is 0 Å². The van der Waals surface area contributed by atoms with Gasteiger partial charge in [0.2, 0.25) is 15.3 Å². The zero-order valence-corrected chi connectivity index (χ0v) is 12.5. The molecule has 0 bridgehead atoms. The highest BCUT2D eigenvalue weighted by atomic mass is 35.5. The van der Waals surface area contributed by atoms with Crippen molar-refractivity contribution < 1.29 is 13.2 Å². The zero-order valence-electron chi connectivity index (χ0n) is 10.1. The van der Waals surface area contributed by atoms with Crippen molar-refractivity contribution in [3.8, 4) is 0 Å². The first-order chi connectivity index (χ1) is 8.16. The minimum atomic E-state index is -3.63. The molecule has 100 valence electrons. The fourth-order valence-corrected chi connectivity index (χ4v) is 3.15. The first-order valence-electron chi connectivity index (χ1n) is 5.10. The van der Waals surface area contributed by atoms with Crippen LogP contribution in [-0.4, -0.2) is 26.0 Å². The normalized spacial score (nSPS) is 13.2. The van der Waals surface area contributed by atoms with Crippen LogP contribution in [0.2, 0.25) is 5.02 Å². The molecule has 7 heteroatoms.